The molecule has 0 amide bonds. The number of carbonyl (C=O) groups is 1. The Morgan fingerprint density at radius 1 is 1.22 bits per heavy atom. The van der Waals surface area contributed by atoms with E-state index in [1.54, 1.807) is 0 Å². The van der Waals surface area contributed by atoms with Gasteiger partial charge in [-0.25, -0.2) is 0 Å². The maximum absolute atomic E-state index is 11.9. The Morgan fingerprint density at radius 2 is 2.07 bits per heavy atom. The van der Waals surface area contributed by atoms with E-state index in [0.29, 0.717) is 25.0 Å². The number of ether oxygens (including phenoxy) is 1. The topological polar surface area (TPSA) is 51.1 Å². The minimum atomic E-state index is -0.0608. The number of oxime groups is 1. The molecule has 1 heterocycles. The summed E-state index contributed by atoms with van der Waals surface area (Å²) in [5.41, 5.74) is 1.41. The third kappa shape index (κ3) is 5.80. The normalized spacial score (nSPS) is 26.3. The van der Waals surface area contributed by atoms with Crippen LogP contribution >= 0.6 is 0 Å². The molecule has 148 valence electrons. The average molecular weight is 373 g/mol. The molecule has 2 unspecified atom stereocenters. The molecule has 27 heavy (non-hydrogen) atoms. The van der Waals surface area contributed by atoms with Gasteiger partial charge in [-0.15, -0.1) is 0 Å². The lowest BCUT2D eigenvalue weighted by Crippen LogP contribution is -2.40. The molecular formula is C22H32N2O3. The fourth-order valence-electron chi connectivity index (χ4n) is 4.34. The van der Waals surface area contributed by atoms with Crippen molar-refractivity contribution >= 4 is 12.2 Å². The molecule has 3 rings (SSSR count). The van der Waals surface area contributed by atoms with Crippen LogP contribution in [-0.2, 0) is 14.4 Å². The van der Waals surface area contributed by atoms with Crippen LogP contribution in [0, 0.1) is 11.8 Å². The van der Waals surface area contributed by atoms with Gasteiger partial charge in [0.2, 0.25) is 0 Å². The average Bonchev–Trinajstić information content (AvgIpc) is 3.17. The Hall–Kier alpha value is -1.88. The van der Waals surface area contributed by atoms with Crippen molar-refractivity contribution in [3.63, 3.8) is 0 Å². The van der Waals surface area contributed by atoms with Crippen molar-refractivity contribution < 1.29 is 14.4 Å². The van der Waals surface area contributed by atoms with Crippen molar-refractivity contribution in [3.05, 3.63) is 35.9 Å². The van der Waals surface area contributed by atoms with Crippen molar-refractivity contribution in [2.24, 2.45) is 17.0 Å². The van der Waals surface area contributed by atoms with Crippen LogP contribution in [0.15, 0.2) is 35.5 Å². The van der Waals surface area contributed by atoms with Crippen molar-refractivity contribution in [1.29, 1.82) is 0 Å². The third-order valence-electron chi connectivity index (χ3n) is 5.75. The van der Waals surface area contributed by atoms with E-state index in [-0.39, 0.29) is 11.9 Å². The van der Waals surface area contributed by atoms with Gasteiger partial charge in [-0.05, 0) is 50.6 Å². The monoisotopic (exact) mass is 372 g/mol. The maximum Gasteiger partial charge on any atom is 0.310 e. The fourth-order valence-corrected chi connectivity index (χ4v) is 4.34. The van der Waals surface area contributed by atoms with Gasteiger partial charge in [-0.2, -0.15) is 0 Å². The lowest BCUT2D eigenvalue weighted by Gasteiger charge is -2.30. The molecule has 1 aliphatic heterocycles. The number of carbonyl (C=O) groups excluding carboxylic acids is 1. The van der Waals surface area contributed by atoms with Gasteiger partial charge in [0.15, 0.2) is 0 Å². The molecule has 2 fully saturated rings. The van der Waals surface area contributed by atoms with Crippen LogP contribution < -0.4 is 0 Å². The van der Waals surface area contributed by atoms with Crippen LogP contribution in [0.3, 0.4) is 0 Å². The third-order valence-corrected chi connectivity index (χ3v) is 5.75. The van der Waals surface area contributed by atoms with Crippen molar-refractivity contribution in [2.75, 3.05) is 32.8 Å². The van der Waals surface area contributed by atoms with E-state index in [1.807, 2.05) is 13.1 Å². The van der Waals surface area contributed by atoms with E-state index < -0.39 is 0 Å². The van der Waals surface area contributed by atoms with Gasteiger partial charge in [-0.3, -0.25) is 9.69 Å². The fraction of sp³-hybridized carbons (Fsp3) is 0.636. The highest BCUT2D eigenvalue weighted by Gasteiger charge is 2.28. The molecule has 3 atom stereocenters. The highest BCUT2D eigenvalue weighted by molar-refractivity contribution is 5.72. The summed E-state index contributed by atoms with van der Waals surface area (Å²) in [6.07, 6.45) is 7.62. The molecule has 1 aromatic carbocycles. The second-order valence-electron chi connectivity index (χ2n) is 7.59. The van der Waals surface area contributed by atoms with E-state index in [9.17, 15) is 4.79 Å². The molecule has 0 aromatic heterocycles. The highest BCUT2D eigenvalue weighted by Crippen LogP contribution is 2.38. The highest BCUT2D eigenvalue weighted by atomic mass is 16.6. The molecule has 0 spiro atoms. The first kappa shape index (κ1) is 19.9. The molecule has 1 saturated carbocycles. The lowest BCUT2D eigenvalue weighted by molar-refractivity contribution is -0.150. The number of esters is 1. The van der Waals surface area contributed by atoms with Gasteiger partial charge in [-0.1, -0.05) is 41.9 Å². The van der Waals surface area contributed by atoms with E-state index in [0.717, 1.165) is 32.5 Å². The number of hydrogen-bond donors (Lipinski definition) is 0. The number of benzene rings is 1. The van der Waals surface area contributed by atoms with E-state index in [4.69, 9.17) is 9.57 Å². The van der Waals surface area contributed by atoms with Crippen LogP contribution in [0.5, 0.6) is 0 Å². The second kappa shape index (κ2) is 10.5. The summed E-state index contributed by atoms with van der Waals surface area (Å²) in [5, 5.41) is 4.25. The quantitative estimate of drug-likeness (QED) is 0.301. The van der Waals surface area contributed by atoms with Gasteiger partial charge in [0.25, 0.3) is 0 Å². The van der Waals surface area contributed by atoms with Gasteiger partial charge in [0.05, 0.1) is 12.5 Å². The van der Waals surface area contributed by atoms with Crippen LogP contribution in [0.2, 0.25) is 0 Å². The van der Waals surface area contributed by atoms with E-state index in [1.165, 1.54) is 24.8 Å². The standard InChI is InChI=1S/C22H32N2O3/c1-2-26-22(25)20-11-7-13-24(17-20)14-15-27-23-16-19-10-6-12-21(19)18-8-4-3-5-9-18/h3-5,8-9,16,19-21H,2,6-7,10-15,17H2,1H3/b23-16-/t19?,20-,21?/m1/s1. The Bertz CT molecular complexity index is 605. The van der Waals surface area contributed by atoms with Gasteiger partial charge < -0.3 is 9.57 Å². The van der Waals surface area contributed by atoms with Crippen molar-refractivity contribution in [1.82, 2.24) is 4.90 Å². The smallest absolute Gasteiger partial charge is 0.310 e. The molecule has 2 aliphatic rings. The van der Waals surface area contributed by atoms with Crippen LogP contribution in [0.25, 0.3) is 0 Å². The van der Waals surface area contributed by atoms with E-state index >= 15 is 0 Å². The molecule has 5 heteroatoms. The first-order chi connectivity index (χ1) is 13.3. The number of hydrogen-bond acceptors (Lipinski definition) is 5. The maximum atomic E-state index is 11.9. The summed E-state index contributed by atoms with van der Waals surface area (Å²) in [4.78, 5) is 19.7. The number of likely N-dealkylation sites (tertiary alicyclic amines) is 1. The number of rotatable bonds is 8. The Balaban J connectivity index is 1.39. The van der Waals surface area contributed by atoms with Crippen LogP contribution in [-0.4, -0.2) is 49.9 Å². The molecule has 5 nitrogen and oxygen atoms in total. The van der Waals surface area contributed by atoms with Gasteiger partial charge >= 0.3 is 5.97 Å². The van der Waals surface area contributed by atoms with Gasteiger partial charge in [0, 0.05) is 25.2 Å². The summed E-state index contributed by atoms with van der Waals surface area (Å²) in [6, 6.07) is 10.7. The second-order valence-corrected chi connectivity index (χ2v) is 7.59. The summed E-state index contributed by atoms with van der Waals surface area (Å²) in [7, 11) is 0. The number of nitrogens with zero attached hydrogens (tertiary/aromatic N) is 2. The van der Waals surface area contributed by atoms with Crippen molar-refractivity contribution in [2.45, 2.75) is 44.9 Å². The Labute approximate surface area is 162 Å². The summed E-state index contributed by atoms with van der Waals surface area (Å²) in [6.45, 7) is 5.47. The first-order valence-corrected chi connectivity index (χ1v) is 10.4. The molecule has 1 aromatic rings. The number of piperidine rings is 1. The van der Waals surface area contributed by atoms with Crippen LogP contribution in [0.4, 0.5) is 0 Å². The molecule has 1 aliphatic carbocycles. The molecular weight excluding hydrogens is 340 g/mol. The predicted octanol–water partition coefficient (Wildman–Crippen LogP) is 3.85. The van der Waals surface area contributed by atoms with E-state index in [2.05, 4.69) is 40.4 Å². The van der Waals surface area contributed by atoms with Crippen molar-refractivity contribution in [3.8, 4) is 0 Å². The largest absolute Gasteiger partial charge is 0.466 e. The SMILES string of the molecule is CCOC(=O)[C@@H]1CCCN(CCO/N=C\C2CCCC2c2ccccc2)C1. The zero-order valence-electron chi connectivity index (χ0n) is 16.4. The molecule has 1 saturated heterocycles. The zero-order valence-corrected chi connectivity index (χ0v) is 16.4. The molecule has 0 bridgehead atoms. The Morgan fingerprint density at radius 3 is 2.89 bits per heavy atom. The summed E-state index contributed by atoms with van der Waals surface area (Å²) in [5.74, 6) is 0.975. The minimum absolute atomic E-state index is 0.00678. The van der Waals surface area contributed by atoms with Gasteiger partial charge in [0.1, 0.15) is 6.61 Å². The summed E-state index contributed by atoms with van der Waals surface area (Å²) >= 11 is 0. The first-order valence-electron chi connectivity index (χ1n) is 10.4. The molecule has 0 N–H and O–H groups in total. The predicted molar refractivity (Wildman–Crippen MR) is 107 cm³/mol. The lowest BCUT2D eigenvalue weighted by atomic mass is 9.90. The van der Waals surface area contributed by atoms with Crippen LogP contribution in [0.1, 0.15) is 50.5 Å². The zero-order chi connectivity index (χ0) is 18.9. The molecule has 0 radical (unpaired) electrons. The Kier molecular flexibility index (Phi) is 7.69. The minimum Gasteiger partial charge on any atom is -0.466 e. The summed E-state index contributed by atoms with van der Waals surface area (Å²) < 4.78 is 5.16.